The molecule has 2 atom stereocenters. The van der Waals surface area contributed by atoms with E-state index in [1.54, 1.807) is 11.8 Å². The molecule has 2 amide bonds. The molecule has 8 heteroatoms. The molecule has 0 spiro atoms. The number of hydrogen-bond acceptors (Lipinski definition) is 4. The number of carbonyl (C=O) groups is 2. The summed E-state index contributed by atoms with van der Waals surface area (Å²) in [6.45, 7) is 3.14. The minimum Gasteiger partial charge on any atom is -0.345 e. The molecule has 2 heterocycles. The quantitative estimate of drug-likeness (QED) is 0.725. The molecule has 2 aliphatic heterocycles. The van der Waals surface area contributed by atoms with Crippen LogP contribution in [0.5, 0.6) is 0 Å². The Bertz CT molecular complexity index is 505. The van der Waals surface area contributed by atoms with Crippen LogP contribution in [-0.2, 0) is 19.6 Å². The topological polar surface area (TPSA) is 86.8 Å². The molecule has 2 fully saturated rings. The predicted octanol–water partition coefficient (Wildman–Crippen LogP) is -0.995. The minimum atomic E-state index is -3.19. The van der Waals surface area contributed by atoms with E-state index in [1.165, 1.54) is 10.6 Å². The fourth-order valence-electron chi connectivity index (χ4n) is 2.78. The summed E-state index contributed by atoms with van der Waals surface area (Å²) < 4.78 is 24.6. The van der Waals surface area contributed by atoms with E-state index in [-0.39, 0.29) is 24.3 Å². The second-order valence-electron chi connectivity index (χ2n) is 5.57. The second-order valence-corrected chi connectivity index (χ2v) is 7.55. The number of sulfonamides is 1. The smallest absolute Gasteiger partial charge is 0.242 e. The third-order valence-corrected chi connectivity index (χ3v) is 5.26. The van der Waals surface area contributed by atoms with Crippen molar-refractivity contribution in [3.63, 3.8) is 0 Å². The molecule has 0 aliphatic carbocycles. The van der Waals surface area contributed by atoms with Gasteiger partial charge in [-0.1, -0.05) is 0 Å². The van der Waals surface area contributed by atoms with E-state index < -0.39 is 16.1 Å². The Labute approximate surface area is 119 Å². The first-order valence-corrected chi connectivity index (χ1v) is 8.66. The van der Waals surface area contributed by atoms with Crippen molar-refractivity contribution in [2.75, 3.05) is 32.4 Å². The Morgan fingerprint density at radius 1 is 1.35 bits per heavy atom. The Hall–Kier alpha value is -1.15. The van der Waals surface area contributed by atoms with Crippen molar-refractivity contribution in [1.29, 1.82) is 0 Å². The first-order chi connectivity index (χ1) is 9.29. The number of piperazine rings is 1. The molecule has 0 radical (unpaired) electrons. The number of carbonyl (C=O) groups excluding carboxylic acids is 2. The molecule has 0 saturated carbocycles. The van der Waals surface area contributed by atoms with E-state index in [9.17, 15) is 18.0 Å². The van der Waals surface area contributed by atoms with Crippen LogP contribution < -0.4 is 5.32 Å². The van der Waals surface area contributed by atoms with Gasteiger partial charge in [0.15, 0.2) is 0 Å². The summed E-state index contributed by atoms with van der Waals surface area (Å²) in [5, 5.41) is 2.55. The highest BCUT2D eigenvalue weighted by Gasteiger charge is 2.34. The Balaban J connectivity index is 2.02. The van der Waals surface area contributed by atoms with Crippen LogP contribution in [0.3, 0.4) is 0 Å². The van der Waals surface area contributed by atoms with Crippen LogP contribution in [0.1, 0.15) is 19.8 Å². The maximum Gasteiger partial charge on any atom is 0.242 e. The summed E-state index contributed by atoms with van der Waals surface area (Å²) in [6.07, 6.45) is 2.88. The van der Waals surface area contributed by atoms with Crippen LogP contribution in [-0.4, -0.2) is 67.9 Å². The molecule has 2 unspecified atom stereocenters. The average Bonchev–Trinajstić information content (AvgIpc) is 2.39. The lowest BCUT2D eigenvalue weighted by atomic mass is 9.98. The number of piperidine rings is 1. The lowest BCUT2D eigenvalue weighted by Crippen LogP contribution is -2.59. The van der Waals surface area contributed by atoms with E-state index in [0.29, 0.717) is 19.6 Å². The van der Waals surface area contributed by atoms with Crippen molar-refractivity contribution in [1.82, 2.24) is 14.5 Å². The lowest BCUT2D eigenvalue weighted by Gasteiger charge is -2.38. The van der Waals surface area contributed by atoms with Gasteiger partial charge in [0.05, 0.1) is 12.8 Å². The maximum absolute atomic E-state index is 11.9. The summed E-state index contributed by atoms with van der Waals surface area (Å²) in [4.78, 5) is 25.1. The molecule has 114 valence electrons. The number of hydrogen-bond donors (Lipinski definition) is 1. The Morgan fingerprint density at radius 2 is 2.05 bits per heavy atom. The van der Waals surface area contributed by atoms with Gasteiger partial charge in [-0.15, -0.1) is 0 Å². The van der Waals surface area contributed by atoms with E-state index in [0.717, 1.165) is 12.8 Å². The Morgan fingerprint density at radius 3 is 2.70 bits per heavy atom. The van der Waals surface area contributed by atoms with Crippen LogP contribution in [0.25, 0.3) is 0 Å². The van der Waals surface area contributed by atoms with Crippen LogP contribution >= 0.6 is 0 Å². The van der Waals surface area contributed by atoms with E-state index in [2.05, 4.69) is 5.32 Å². The summed E-state index contributed by atoms with van der Waals surface area (Å²) >= 11 is 0. The third kappa shape index (κ3) is 3.29. The first kappa shape index (κ1) is 15.2. The van der Waals surface area contributed by atoms with Gasteiger partial charge >= 0.3 is 0 Å². The zero-order valence-corrected chi connectivity index (χ0v) is 12.6. The second kappa shape index (κ2) is 5.69. The molecule has 2 rings (SSSR count). The summed E-state index contributed by atoms with van der Waals surface area (Å²) in [5.41, 5.74) is 0. The average molecular weight is 303 g/mol. The van der Waals surface area contributed by atoms with Crippen molar-refractivity contribution < 1.29 is 18.0 Å². The van der Waals surface area contributed by atoms with Crippen molar-refractivity contribution >= 4 is 21.8 Å². The van der Waals surface area contributed by atoms with Crippen LogP contribution in [0.2, 0.25) is 0 Å². The van der Waals surface area contributed by atoms with Crippen molar-refractivity contribution in [3.8, 4) is 0 Å². The van der Waals surface area contributed by atoms with Crippen molar-refractivity contribution in [2.45, 2.75) is 25.8 Å². The number of amides is 2. The zero-order valence-electron chi connectivity index (χ0n) is 11.8. The monoisotopic (exact) mass is 303 g/mol. The largest absolute Gasteiger partial charge is 0.345 e. The SMILES string of the molecule is CC1C(=O)NCC(=O)N1CC1CCCN(S(C)(=O)=O)C1. The summed E-state index contributed by atoms with van der Waals surface area (Å²) in [7, 11) is -3.19. The first-order valence-electron chi connectivity index (χ1n) is 6.81. The van der Waals surface area contributed by atoms with Gasteiger partial charge in [0.1, 0.15) is 6.04 Å². The van der Waals surface area contributed by atoms with Gasteiger partial charge in [0.2, 0.25) is 21.8 Å². The van der Waals surface area contributed by atoms with E-state index >= 15 is 0 Å². The number of nitrogens with one attached hydrogen (secondary N) is 1. The highest BCUT2D eigenvalue weighted by atomic mass is 32.2. The minimum absolute atomic E-state index is 0.0334. The molecule has 2 aliphatic rings. The maximum atomic E-state index is 11.9. The molecule has 20 heavy (non-hydrogen) atoms. The molecule has 2 saturated heterocycles. The molecule has 0 aromatic carbocycles. The fourth-order valence-corrected chi connectivity index (χ4v) is 3.73. The highest BCUT2D eigenvalue weighted by Crippen LogP contribution is 2.21. The molecule has 7 nitrogen and oxygen atoms in total. The number of rotatable bonds is 3. The van der Waals surface area contributed by atoms with Gasteiger partial charge in [-0.3, -0.25) is 9.59 Å². The molecular weight excluding hydrogens is 282 g/mol. The van der Waals surface area contributed by atoms with Crippen molar-refractivity contribution in [3.05, 3.63) is 0 Å². The van der Waals surface area contributed by atoms with Gasteiger partial charge in [-0.25, -0.2) is 12.7 Å². The van der Waals surface area contributed by atoms with Crippen LogP contribution in [0.4, 0.5) is 0 Å². The van der Waals surface area contributed by atoms with Crippen LogP contribution in [0, 0.1) is 5.92 Å². The fraction of sp³-hybridized carbons (Fsp3) is 0.833. The molecule has 0 bridgehead atoms. The highest BCUT2D eigenvalue weighted by molar-refractivity contribution is 7.88. The lowest BCUT2D eigenvalue weighted by molar-refractivity contribution is -0.145. The third-order valence-electron chi connectivity index (χ3n) is 3.99. The molecule has 0 aromatic heterocycles. The van der Waals surface area contributed by atoms with Gasteiger partial charge < -0.3 is 10.2 Å². The van der Waals surface area contributed by atoms with Gasteiger partial charge in [-0.05, 0) is 25.7 Å². The number of nitrogens with zero attached hydrogens (tertiary/aromatic N) is 2. The standard InChI is InChI=1S/C12H21N3O4S/c1-9-12(17)13-6-11(16)15(9)8-10-4-3-5-14(7-10)20(2,18)19/h9-10H,3-8H2,1-2H3,(H,13,17). The van der Waals surface area contributed by atoms with Crippen LogP contribution in [0.15, 0.2) is 0 Å². The summed E-state index contributed by atoms with van der Waals surface area (Å²) in [6, 6.07) is -0.482. The van der Waals surface area contributed by atoms with E-state index in [1.807, 2.05) is 0 Å². The molecule has 1 N–H and O–H groups in total. The molecular formula is C12H21N3O4S. The van der Waals surface area contributed by atoms with Gasteiger partial charge in [0.25, 0.3) is 0 Å². The zero-order chi connectivity index (χ0) is 14.9. The normalized spacial score (nSPS) is 29.4. The Kier molecular flexibility index (Phi) is 4.33. The predicted molar refractivity (Wildman–Crippen MR) is 73.3 cm³/mol. The molecule has 0 aromatic rings. The van der Waals surface area contributed by atoms with Gasteiger partial charge in [-0.2, -0.15) is 0 Å². The van der Waals surface area contributed by atoms with Gasteiger partial charge in [0, 0.05) is 19.6 Å². The van der Waals surface area contributed by atoms with Crippen molar-refractivity contribution in [2.24, 2.45) is 5.92 Å². The summed E-state index contributed by atoms with van der Waals surface area (Å²) in [5.74, 6) is -0.162. The van der Waals surface area contributed by atoms with E-state index in [4.69, 9.17) is 0 Å².